The third-order valence-corrected chi connectivity index (χ3v) is 4.45. The number of carbonyl (C=O) groups excluding carboxylic acids is 1. The van der Waals surface area contributed by atoms with Gasteiger partial charge in [-0.05, 0) is 12.1 Å². The van der Waals surface area contributed by atoms with Crippen LogP contribution in [0.1, 0.15) is 21.5 Å². The van der Waals surface area contributed by atoms with Gasteiger partial charge in [0.15, 0.2) is 18.3 Å². The van der Waals surface area contributed by atoms with E-state index in [4.69, 9.17) is 35.3 Å². The molecule has 0 aliphatic carbocycles. The zero-order valence-electron chi connectivity index (χ0n) is 14.4. The fourth-order valence-electron chi connectivity index (χ4n) is 2.95. The number of nitro groups is 1. The smallest absolute Gasteiger partial charge is 0.338 e. The van der Waals surface area contributed by atoms with Crippen LogP contribution >= 0.6 is 11.6 Å². The molecule has 0 spiro atoms. The second-order valence-electron chi connectivity index (χ2n) is 6.02. The molecule has 0 saturated carbocycles. The monoisotopic (exact) mass is 407 g/mol. The van der Waals surface area contributed by atoms with Gasteiger partial charge in [-0.25, -0.2) is 4.79 Å². The molecule has 2 aromatic carbocycles. The van der Waals surface area contributed by atoms with Gasteiger partial charge in [0.2, 0.25) is 0 Å². The highest BCUT2D eigenvalue weighted by Gasteiger charge is 2.23. The van der Waals surface area contributed by atoms with Gasteiger partial charge in [-0.15, -0.1) is 0 Å². The van der Waals surface area contributed by atoms with E-state index >= 15 is 0 Å². The van der Waals surface area contributed by atoms with E-state index in [9.17, 15) is 14.9 Å². The normalized spacial score (nSPS) is 14.6. The zero-order chi connectivity index (χ0) is 19.7. The van der Waals surface area contributed by atoms with Crippen molar-refractivity contribution in [2.24, 2.45) is 0 Å². The molecule has 0 fully saturated rings. The Labute approximate surface area is 163 Å². The first kappa shape index (κ1) is 18.3. The van der Waals surface area contributed by atoms with Gasteiger partial charge in [-0.2, -0.15) is 0 Å². The van der Waals surface area contributed by atoms with E-state index in [1.165, 1.54) is 24.3 Å². The summed E-state index contributed by atoms with van der Waals surface area (Å²) in [6, 6.07) is 5.59. The van der Waals surface area contributed by atoms with Crippen LogP contribution < -0.4 is 14.2 Å². The molecule has 0 N–H and O–H groups in total. The lowest BCUT2D eigenvalue weighted by molar-refractivity contribution is -0.385. The fourth-order valence-corrected chi connectivity index (χ4v) is 3.21. The molecule has 0 bridgehead atoms. The van der Waals surface area contributed by atoms with Crippen LogP contribution in [-0.4, -0.2) is 30.9 Å². The number of hydrogen-bond donors (Lipinski definition) is 0. The van der Waals surface area contributed by atoms with E-state index < -0.39 is 10.9 Å². The molecule has 2 aromatic rings. The van der Waals surface area contributed by atoms with Crippen molar-refractivity contribution in [1.82, 2.24) is 0 Å². The largest absolute Gasteiger partial charge is 0.486 e. The van der Waals surface area contributed by atoms with Crippen molar-refractivity contribution in [3.8, 4) is 17.2 Å². The number of benzene rings is 2. The molecule has 10 heteroatoms. The quantitative estimate of drug-likeness (QED) is 0.432. The highest BCUT2D eigenvalue weighted by molar-refractivity contribution is 6.32. The van der Waals surface area contributed by atoms with Gasteiger partial charge in [0.25, 0.3) is 5.69 Å². The van der Waals surface area contributed by atoms with Crippen molar-refractivity contribution in [1.29, 1.82) is 0 Å². The summed E-state index contributed by atoms with van der Waals surface area (Å²) in [5.41, 5.74) is 0.942. The number of esters is 1. The van der Waals surface area contributed by atoms with Gasteiger partial charge < -0.3 is 23.7 Å². The summed E-state index contributed by atoms with van der Waals surface area (Å²) in [5, 5.41) is 11.4. The Kier molecular flexibility index (Phi) is 4.93. The molecular weight excluding hydrogens is 394 g/mol. The number of halogens is 1. The van der Waals surface area contributed by atoms with E-state index in [1.807, 2.05) is 0 Å². The Balaban J connectivity index is 1.56. The maximum atomic E-state index is 12.5. The lowest BCUT2D eigenvalue weighted by Crippen LogP contribution is -2.17. The van der Waals surface area contributed by atoms with Crippen LogP contribution in [0.5, 0.6) is 17.2 Å². The maximum absolute atomic E-state index is 12.5. The first-order valence-electron chi connectivity index (χ1n) is 8.30. The maximum Gasteiger partial charge on any atom is 0.338 e. The number of hydrogen-bond acceptors (Lipinski definition) is 8. The van der Waals surface area contributed by atoms with Gasteiger partial charge >= 0.3 is 5.97 Å². The molecule has 0 atom stereocenters. The lowest BCUT2D eigenvalue weighted by Gasteiger charge is -2.21. The minimum absolute atomic E-state index is 0.0174. The molecule has 0 unspecified atom stereocenters. The number of ether oxygens (including phenoxy) is 5. The van der Waals surface area contributed by atoms with Crippen LogP contribution in [0.3, 0.4) is 0 Å². The molecule has 0 aromatic heterocycles. The Bertz CT molecular complexity index is 961. The van der Waals surface area contributed by atoms with Gasteiger partial charge in [0.05, 0.1) is 22.1 Å². The summed E-state index contributed by atoms with van der Waals surface area (Å²) in [5.74, 6) is 0.501. The van der Waals surface area contributed by atoms with Crippen LogP contribution in [-0.2, 0) is 22.7 Å². The first-order valence-corrected chi connectivity index (χ1v) is 8.67. The SMILES string of the molecule is O=C(OCc1cc([N+](=O)[O-])cc2c1OCOC2)c1cc(Cl)c2c(c1)OCCO2. The van der Waals surface area contributed by atoms with Crippen LogP contribution in [0.25, 0.3) is 0 Å². The lowest BCUT2D eigenvalue weighted by atomic mass is 10.1. The predicted octanol–water partition coefficient (Wildman–Crippen LogP) is 3.24. The van der Waals surface area contributed by atoms with E-state index in [0.29, 0.717) is 41.6 Å². The second-order valence-corrected chi connectivity index (χ2v) is 6.43. The second kappa shape index (κ2) is 7.53. The van der Waals surface area contributed by atoms with Crippen LogP contribution in [0.2, 0.25) is 5.02 Å². The van der Waals surface area contributed by atoms with Gasteiger partial charge in [0, 0.05) is 23.3 Å². The van der Waals surface area contributed by atoms with Crippen LogP contribution in [0, 0.1) is 10.1 Å². The average molecular weight is 408 g/mol. The van der Waals surface area contributed by atoms with E-state index in [1.54, 1.807) is 0 Å². The third-order valence-electron chi connectivity index (χ3n) is 4.17. The molecule has 9 nitrogen and oxygen atoms in total. The molecule has 2 heterocycles. The summed E-state index contributed by atoms with van der Waals surface area (Å²) in [6.45, 7) is 0.702. The van der Waals surface area contributed by atoms with Crippen molar-refractivity contribution in [3.63, 3.8) is 0 Å². The highest BCUT2D eigenvalue weighted by atomic mass is 35.5. The van der Waals surface area contributed by atoms with Crippen molar-refractivity contribution >= 4 is 23.3 Å². The minimum Gasteiger partial charge on any atom is -0.486 e. The number of fused-ring (bicyclic) bond motifs is 2. The summed E-state index contributed by atoms with van der Waals surface area (Å²) in [7, 11) is 0. The number of rotatable bonds is 4. The summed E-state index contributed by atoms with van der Waals surface area (Å²) < 4.78 is 26.8. The predicted molar refractivity (Wildman–Crippen MR) is 94.9 cm³/mol. The standard InChI is InChI=1S/C18H14ClNO8/c19-14-5-10(6-15-17(14)26-2-1-25-15)18(21)27-8-12-4-13(20(22)23)3-11-7-24-9-28-16(11)12/h3-6H,1-2,7-9H2. The molecule has 146 valence electrons. The molecule has 2 aliphatic heterocycles. The number of non-ortho nitro benzene ring substituents is 1. The van der Waals surface area contributed by atoms with Crippen LogP contribution in [0.4, 0.5) is 5.69 Å². The first-order chi connectivity index (χ1) is 13.5. The molecule has 4 rings (SSSR count). The van der Waals surface area contributed by atoms with Gasteiger partial charge in [0.1, 0.15) is 25.6 Å². The molecule has 2 aliphatic rings. The number of nitrogens with zero attached hydrogens (tertiary/aromatic N) is 1. The molecule has 0 saturated heterocycles. The Morgan fingerprint density at radius 3 is 2.79 bits per heavy atom. The van der Waals surface area contributed by atoms with Crippen molar-refractivity contribution < 1.29 is 33.4 Å². The fraction of sp³-hybridized carbons (Fsp3) is 0.278. The Morgan fingerprint density at radius 2 is 1.96 bits per heavy atom. The van der Waals surface area contributed by atoms with E-state index in [2.05, 4.69) is 0 Å². The molecule has 0 amide bonds. The minimum atomic E-state index is -0.661. The average Bonchev–Trinajstić information content (AvgIpc) is 2.71. The van der Waals surface area contributed by atoms with Gasteiger partial charge in [-0.1, -0.05) is 11.6 Å². The summed E-state index contributed by atoms with van der Waals surface area (Å²) in [4.78, 5) is 23.1. The topological polar surface area (TPSA) is 106 Å². The van der Waals surface area contributed by atoms with Crippen molar-refractivity contribution in [2.75, 3.05) is 20.0 Å². The number of nitro benzene ring substituents is 1. The summed E-state index contributed by atoms with van der Waals surface area (Å²) >= 11 is 6.14. The van der Waals surface area contributed by atoms with E-state index in [0.717, 1.165) is 0 Å². The van der Waals surface area contributed by atoms with E-state index in [-0.39, 0.29) is 36.3 Å². The molecular formula is C18H14ClNO8. The summed E-state index contributed by atoms with van der Waals surface area (Å²) in [6.07, 6.45) is 0. The Morgan fingerprint density at radius 1 is 1.14 bits per heavy atom. The third kappa shape index (κ3) is 3.54. The number of carbonyl (C=O) groups is 1. The van der Waals surface area contributed by atoms with Crippen LogP contribution in [0.15, 0.2) is 24.3 Å². The van der Waals surface area contributed by atoms with Crippen molar-refractivity contribution in [2.45, 2.75) is 13.2 Å². The van der Waals surface area contributed by atoms with Crippen molar-refractivity contribution in [3.05, 3.63) is 56.1 Å². The van der Waals surface area contributed by atoms with Gasteiger partial charge in [-0.3, -0.25) is 10.1 Å². The molecule has 28 heavy (non-hydrogen) atoms. The Hall–Kier alpha value is -3.04. The molecule has 0 radical (unpaired) electrons. The zero-order valence-corrected chi connectivity index (χ0v) is 15.2. The highest BCUT2D eigenvalue weighted by Crippen LogP contribution is 2.39.